The van der Waals surface area contributed by atoms with Crippen molar-refractivity contribution in [2.75, 3.05) is 31.2 Å². The highest BCUT2D eigenvalue weighted by molar-refractivity contribution is 5.47. The van der Waals surface area contributed by atoms with Gasteiger partial charge in [0.05, 0.1) is 13.2 Å². The zero-order valence-corrected chi connectivity index (χ0v) is 12.8. The first kappa shape index (κ1) is 16.9. The van der Waals surface area contributed by atoms with E-state index in [9.17, 15) is 0 Å². The number of hydrogen-bond donors (Lipinski definition) is 0. The third-order valence-electron chi connectivity index (χ3n) is 2.50. The largest absolute Gasteiger partial charge is 0.378 e. The Morgan fingerprint density at radius 3 is 2.11 bits per heavy atom. The quantitative estimate of drug-likeness (QED) is 0.764. The van der Waals surface area contributed by atoms with Crippen molar-refractivity contribution in [1.29, 1.82) is 0 Å². The van der Waals surface area contributed by atoms with Crippen LogP contribution in [-0.4, -0.2) is 31.3 Å². The molecule has 1 aromatic heterocycles. The standard InChI is InChI=1S/C11H16N2O.2C2H6/c1-9-7-10(2)11(12-8-9)13-3-5-14-6-4-13;2*1-2/h7-8H,3-6H2,1-2H3;2*1-2H3. The molecule has 3 heteroatoms. The molecule has 104 valence electrons. The number of ether oxygens (including phenoxy) is 1. The second kappa shape index (κ2) is 9.89. The monoisotopic (exact) mass is 252 g/mol. The van der Waals surface area contributed by atoms with Gasteiger partial charge in [-0.05, 0) is 25.0 Å². The van der Waals surface area contributed by atoms with E-state index in [0.717, 1.165) is 32.1 Å². The summed E-state index contributed by atoms with van der Waals surface area (Å²) in [6.07, 6.45) is 1.93. The van der Waals surface area contributed by atoms with Gasteiger partial charge < -0.3 is 9.64 Å². The molecular formula is C15H28N2O. The van der Waals surface area contributed by atoms with Gasteiger partial charge >= 0.3 is 0 Å². The maximum Gasteiger partial charge on any atom is 0.131 e. The summed E-state index contributed by atoms with van der Waals surface area (Å²) in [4.78, 5) is 6.76. The Bertz CT molecular complexity index is 320. The van der Waals surface area contributed by atoms with Crippen molar-refractivity contribution < 1.29 is 4.74 Å². The van der Waals surface area contributed by atoms with Gasteiger partial charge in [0.25, 0.3) is 0 Å². The molecule has 3 nitrogen and oxygen atoms in total. The van der Waals surface area contributed by atoms with E-state index in [0.29, 0.717) is 0 Å². The lowest BCUT2D eigenvalue weighted by Crippen LogP contribution is -2.37. The molecule has 0 bridgehead atoms. The molecule has 0 atom stereocenters. The fourth-order valence-electron chi connectivity index (χ4n) is 1.81. The van der Waals surface area contributed by atoms with Crippen molar-refractivity contribution in [1.82, 2.24) is 4.98 Å². The van der Waals surface area contributed by atoms with Crippen molar-refractivity contribution in [3.63, 3.8) is 0 Å². The molecule has 0 radical (unpaired) electrons. The van der Waals surface area contributed by atoms with Crippen molar-refractivity contribution in [3.05, 3.63) is 23.4 Å². The first-order valence-corrected chi connectivity index (χ1v) is 7.03. The van der Waals surface area contributed by atoms with E-state index in [2.05, 4.69) is 29.8 Å². The van der Waals surface area contributed by atoms with Gasteiger partial charge in [0, 0.05) is 19.3 Å². The smallest absolute Gasteiger partial charge is 0.131 e. The highest BCUT2D eigenvalue weighted by atomic mass is 16.5. The zero-order valence-electron chi connectivity index (χ0n) is 12.8. The molecule has 1 aliphatic rings. The van der Waals surface area contributed by atoms with Gasteiger partial charge in [-0.1, -0.05) is 33.8 Å². The van der Waals surface area contributed by atoms with E-state index >= 15 is 0 Å². The minimum absolute atomic E-state index is 0.814. The Morgan fingerprint density at radius 2 is 1.61 bits per heavy atom. The lowest BCUT2D eigenvalue weighted by Gasteiger charge is -2.29. The summed E-state index contributed by atoms with van der Waals surface area (Å²) in [6, 6.07) is 2.18. The van der Waals surface area contributed by atoms with Crippen molar-refractivity contribution >= 4 is 5.82 Å². The van der Waals surface area contributed by atoms with Crippen LogP contribution in [0.15, 0.2) is 12.3 Å². The second-order valence-electron chi connectivity index (χ2n) is 3.75. The summed E-state index contributed by atoms with van der Waals surface area (Å²) in [5.74, 6) is 1.11. The molecule has 2 rings (SSSR count). The summed E-state index contributed by atoms with van der Waals surface area (Å²) in [5, 5.41) is 0. The van der Waals surface area contributed by atoms with Gasteiger partial charge in [-0.3, -0.25) is 0 Å². The van der Waals surface area contributed by atoms with Crippen LogP contribution in [-0.2, 0) is 4.74 Å². The third-order valence-corrected chi connectivity index (χ3v) is 2.50. The summed E-state index contributed by atoms with van der Waals surface area (Å²) in [6.45, 7) is 15.7. The van der Waals surface area contributed by atoms with Crippen molar-refractivity contribution in [2.24, 2.45) is 0 Å². The number of rotatable bonds is 1. The van der Waals surface area contributed by atoms with Gasteiger partial charge in [-0.25, -0.2) is 4.98 Å². The number of pyridine rings is 1. The van der Waals surface area contributed by atoms with Crippen molar-refractivity contribution in [3.8, 4) is 0 Å². The lowest BCUT2D eigenvalue weighted by atomic mass is 10.2. The molecule has 0 aromatic carbocycles. The molecule has 1 saturated heterocycles. The van der Waals surface area contributed by atoms with Crippen LogP contribution in [0.2, 0.25) is 0 Å². The van der Waals surface area contributed by atoms with Crippen LogP contribution < -0.4 is 4.90 Å². The van der Waals surface area contributed by atoms with E-state index in [1.165, 1.54) is 11.1 Å². The molecule has 0 N–H and O–H groups in total. The van der Waals surface area contributed by atoms with Crippen molar-refractivity contribution in [2.45, 2.75) is 41.5 Å². The van der Waals surface area contributed by atoms with E-state index in [-0.39, 0.29) is 0 Å². The minimum Gasteiger partial charge on any atom is -0.378 e. The number of hydrogen-bond acceptors (Lipinski definition) is 3. The number of nitrogens with zero attached hydrogens (tertiary/aromatic N) is 2. The van der Waals surface area contributed by atoms with Crippen LogP contribution in [0.3, 0.4) is 0 Å². The molecular weight excluding hydrogens is 224 g/mol. The molecule has 0 aliphatic carbocycles. The SMILES string of the molecule is CC.CC.Cc1cnc(N2CCOCC2)c(C)c1. The van der Waals surface area contributed by atoms with E-state index in [1.54, 1.807) is 0 Å². The van der Waals surface area contributed by atoms with E-state index < -0.39 is 0 Å². The summed E-state index contributed by atoms with van der Waals surface area (Å²) >= 11 is 0. The average Bonchev–Trinajstić information content (AvgIpc) is 2.44. The lowest BCUT2D eigenvalue weighted by molar-refractivity contribution is 0.122. The highest BCUT2D eigenvalue weighted by Crippen LogP contribution is 2.18. The summed E-state index contributed by atoms with van der Waals surface area (Å²) in [7, 11) is 0. The predicted octanol–water partition coefficient (Wildman–Crippen LogP) is 3.59. The first-order chi connectivity index (χ1) is 8.77. The molecule has 1 aliphatic heterocycles. The molecule has 1 fully saturated rings. The molecule has 0 spiro atoms. The number of aryl methyl sites for hydroxylation is 2. The molecule has 2 heterocycles. The molecule has 0 amide bonds. The average molecular weight is 252 g/mol. The molecule has 0 unspecified atom stereocenters. The van der Waals surface area contributed by atoms with E-state index in [1.807, 2.05) is 33.9 Å². The Labute approximate surface area is 112 Å². The van der Waals surface area contributed by atoms with Crippen LogP contribution in [0.25, 0.3) is 0 Å². The Hall–Kier alpha value is -1.09. The zero-order chi connectivity index (χ0) is 14.0. The molecule has 18 heavy (non-hydrogen) atoms. The maximum atomic E-state index is 5.32. The summed E-state index contributed by atoms with van der Waals surface area (Å²) in [5.41, 5.74) is 2.48. The Morgan fingerprint density at radius 1 is 1.06 bits per heavy atom. The fourth-order valence-corrected chi connectivity index (χ4v) is 1.81. The Balaban J connectivity index is 0.000000659. The van der Waals surface area contributed by atoms with Crippen LogP contribution in [0.5, 0.6) is 0 Å². The molecule has 1 aromatic rings. The topological polar surface area (TPSA) is 25.4 Å². The number of aromatic nitrogens is 1. The third kappa shape index (κ3) is 5.05. The van der Waals surface area contributed by atoms with Crippen LogP contribution in [0.4, 0.5) is 5.82 Å². The highest BCUT2D eigenvalue weighted by Gasteiger charge is 2.13. The maximum absolute atomic E-state index is 5.32. The normalized spacial score (nSPS) is 14.0. The first-order valence-electron chi connectivity index (χ1n) is 7.03. The summed E-state index contributed by atoms with van der Waals surface area (Å²) < 4.78 is 5.32. The van der Waals surface area contributed by atoms with E-state index in [4.69, 9.17) is 4.74 Å². The minimum atomic E-state index is 0.814. The molecule has 0 saturated carbocycles. The van der Waals surface area contributed by atoms with Gasteiger partial charge in [-0.15, -0.1) is 0 Å². The van der Waals surface area contributed by atoms with Gasteiger partial charge in [0.1, 0.15) is 5.82 Å². The fraction of sp³-hybridized carbons (Fsp3) is 0.667. The van der Waals surface area contributed by atoms with Crippen LogP contribution in [0.1, 0.15) is 38.8 Å². The predicted molar refractivity (Wildman–Crippen MR) is 79.4 cm³/mol. The van der Waals surface area contributed by atoms with Gasteiger partial charge in [-0.2, -0.15) is 0 Å². The number of morpholine rings is 1. The van der Waals surface area contributed by atoms with Gasteiger partial charge in [0.15, 0.2) is 0 Å². The van der Waals surface area contributed by atoms with Crippen LogP contribution >= 0.6 is 0 Å². The number of anilines is 1. The van der Waals surface area contributed by atoms with Gasteiger partial charge in [0.2, 0.25) is 0 Å². The van der Waals surface area contributed by atoms with Crippen LogP contribution in [0, 0.1) is 13.8 Å². The second-order valence-corrected chi connectivity index (χ2v) is 3.75. The Kier molecular flexibility index (Phi) is 9.29.